The van der Waals surface area contributed by atoms with E-state index in [1.165, 1.54) is 0 Å². The highest BCUT2D eigenvalue weighted by Crippen LogP contribution is 2.29. The first kappa shape index (κ1) is 14.6. The fraction of sp³-hybridized carbons (Fsp3) is 0.333. The molecule has 0 aliphatic rings. The second kappa shape index (κ2) is 5.67. The molecule has 0 atom stereocenters. The molecule has 0 amide bonds. The molecule has 1 aromatic heterocycles. The van der Waals surface area contributed by atoms with Crippen molar-refractivity contribution in [1.82, 2.24) is 9.97 Å². The van der Waals surface area contributed by atoms with Crippen molar-refractivity contribution in [2.45, 2.75) is 33.6 Å². The number of anilines is 1. The van der Waals surface area contributed by atoms with E-state index < -0.39 is 0 Å². The van der Waals surface area contributed by atoms with Gasteiger partial charge in [0.25, 0.3) is 0 Å². The average molecular weight is 292 g/mol. The summed E-state index contributed by atoms with van der Waals surface area (Å²) in [5, 5.41) is 0.752. The first-order valence-electron chi connectivity index (χ1n) is 6.46. The molecule has 0 bridgehead atoms. The van der Waals surface area contributed by atoms with E-state index in [2.05, 4.69) is 9.97 Å². The molecule has 4 nitrogen and oxygen atoms in total. The smallest absolute Gasteiger partial charge is 0.224 e. The van der Waals surface area contributed by atoms with Crippen molar-refractivity contribution in [1.29, 1.82) is 0 Å². The van der Waals surface area contributed by atoms with Crippen LogP contribution in [0.25, 0.3) is 0 Å². The standard InChI is InChI=1S/C15H18ClN3O/c1-8(2)15-18-12(17)7-13(19-15)20-11-5-9(3)14(16)10(4)6-11/h5-8H,1-4H3,(H2,17,18,19). The monoisotopic (exact) mass is 291 g/mol. The molecule has 2 rings (SSSR count). The largest absolute Gasteiger partial charge is 0.439 e. The van der Waals surface area contributed by atoms with Crippen molar-refractivity contribution in [3.8, 4) is 11.6 Å². The Morgan fingerprint density at radius 1 is 1.10 bits per heavy atom. The maximum absolute atomic E-state index is 6.14. The number of nitrogens with two attached hydrogens (primary N) is 1. The summed E-state index contributed by atoms with van der Waals surface area (Å²) < 4.78 is 5.78. The van der Waals surface area contributed by atoms with E-state index in [4.69, 9.17) is 22.1 Å². The van der Waals surface area contributed by atoms with Gasteiger partial charge in [0.2, 0.25) is 5.88 Å². The number of aromatic nitrogens is 2. The Bertz CT molecular complexity index is 618. The Kier molecular flexibility index (Phi) is 4.14. The number of halogens is 1. The lowest BCUT2D eigenvalue weighted by atomic mass is 10.1. The van der Waals surface area contributed by atoms with Crippen LogP contribution in [0.15, 0.2) is 18.2 Å². The van der Waals surface area contributed by atoms with Gasteiger partial charge < -0.3 is 10.5 Å². The lowest BCUT2D eigenvalue weighted by molar-refractivity contribution is 0.457. The highest BCUT2D eigenvalue weighted by Gasteiger charge is 2.10. The van der Waals surface area contributed by atoms with Gasteiger partial charge in [-0.15, -0.1) is 0 Å². The molecule has 0 saturated carbocycles. The van der Waals surface area contributed by atoms with Crippen molar-refractivity contribution >= 4 is 17.4 Å². The van der Waals surface area contributed by atoms with Gasteiger partial charge in [-0.25, -0.2) is 4.98 Å². The molecule has 0 unspecified atom stereocenters. The van der Waals surface area contributed by atoms with Gasteiger partial charge in [-0.2, -0.15) is 4.98 Å². The van der Waals surface area contributed by atoms with Crippen molar-refractivity contribution in [2.24, 2.45) is 0 Å². The van der Waals surface area contributed by atoms with Crippen LogP contribution in [-0.4, -0.2) is 9.97 Å². The summed E-state index contributed by atoms with van der Waals surface area (Å²) in [7, 11) is 0. The van der Waals surface area contributed by atoms with E-state index in [-0.39, 0.29) is 5.92 Å². The normalized spacial score (nSPS) is 10.9. The van der Waals surface area contributed by atoms with Crippen LogP contribution in [-0.2, 0) is 0 Å². The summed E-state index contributed by atoms with van der Waals surface area (Å²) >= 11 is 6.14. The molecule has 0 aliphatic heterocycles. The number of ether oxygens (including phenoxy) is 1. The third kappa shape index (κ3) is 3.20. The molecule has 0 saturated heterocycles. The number of rotatable bonds is 3. The zero-order valence-electron chi connectivity index (χ0n) is 12.1. The van der Waals surface area contributed by atoms with Crippen molar-refractivity contribution in [3.63, 3.8) is 0 Å². The highest BCUT2D eigenvalue weighted by molar-refractivity contribution is 6.32. The Morgan fingerprint density at radius 3 is 2.25 bits per heavy atom. The van der Waals surface area contributed by atoms with Gasteiger partial charge in [0.15, 0.2) is 0 Å². The molecule has 2 N–H and O–H groups in total. The van der Waals surface area contributed by atoms with Gasteiger partial charge in [0, 0.05) is 17.0 Å². The van der Waals surface area contributed by atoms with Gasteiger partial charge in [-0.3, -0.25) is 0 Å². The molecule has 5 heteroatoms. The van der Waals surface area contributed by atoms with Crippen LogP contribution in [0.4, 0.5) is 5.82 Å². The SMILES string of the molecule is Cc1cc(Oc2cc(N)nc(C(C)C)n2)cc(C)c1Cl. The molecule has 1 aromatic carbocycles. The van der Waals surface area contributed by atoms with Gasteiger partial charge in [-0.1, -0.05) is 25.4 Å². The van der Waals surface area contributed by atoms with Crippen molar-refractivity contribution in [3.05, 3.63) is 40.2 Å². The summed E-state index contributed by atoms with van der Waals surface area (Å²) in [6, 6.07) is 5.37. The summed E-state index contributed by atoms with van der Waals surface area (Å²) in [5.74, 6) is 2.40. The maximum atomic E-state index is 6.14. The van der Waals surface area contributed by atoms with Crippen LogP contribution in [0.2, 0.25) is 5.02 Å². The van der Waals surface area contributed by atoms with E-state index >= 15 is 0 Å². The van der Waals surface area contributed by atoms with Crippen molar-refractivity contribution in [2.75, 3.05) is 5.73 Å². The molecule has 0 spiro atoms. The predicted octanol–water partition coefficient (Wildman–Crippen LogP) is 4.24. The summed E-state index contributed by atoms with van der Waals surface area (Å²) in [5.41, 5.74) is 7.71. The van der Waals surface area contributed by atoms with Gasteiger partial charge in [-0.05, 0) is 37.1 Å². The van der Waals surface area contributed by atoms with E-state index in [9.17, 15) is 0 Å². The minimum atomic E-state index is 0.189. The fourth-order valence-electron chi connectivity index (χ4n) is 1.86. The molecule has 0 aliphatic carbocycles. The Balaban J connectivity index is 2.35. The summed E-state index contributed by atoms with van der Waals surface area (Å²) in [4.78, 5) is 8.55. The lowest BCUT2D eigenvalue weighted by Crippen LogP contribution is -2.03. The Morgan fingerprint density at radius 2 is 1.70 bits per heavy atom. The number of nitrogens with zero attached hydrogens (tertiary/aromatic N) is 2. The summed E-state index contributed by atoms with van der Waals surface area (Å²) in [6.45, 7) is 7.90. The van der Waals surface area contributed by atoms with Crippen LogP contribution in [0, 0.1) is 13.8 Å². The fourth-order valence-corrected chi connectivity index (χ4v) is 1.97. The molecule has 0 fully saturated rings. The Labute approximate surface area is 124 Å². The predicted molar refractivity (Wildman–Crippen MR) is 81.5 cm³/mol. The van der Waals surface area contributed by atoms with E-state index in [0.717, 1.165) is 16.1 Å². The van der Waals surface area contributed by atoms with Gasteiger partial charge in [0.1, 0.15) is 17.4 Å². The van der Waals surface area contributed by atoms with Crippen molar-refractivity contribution < 1.29 is 4.74 Å². The zero-order valence-corrected chi connectivity index (χ0v) is 12.8. The third-order valence-electron chi connectivity index (χ3n) is 2.89. The first-order valence-corrected chi connectivity index (χ1v) is 6.83. The van der Waals surface area contributed by atoms with Gasteiger partial charge >= 0.3 is 0 Å². The van der Waals surface area contributed by atoms with Crippen LogP contribution >= 0.6 is 11.6 Å². The molecule has 1 heterocycles. The molecule has 106 valence electrons. The molecular formula is C15H18ClN3O. The second-order valence-corrected chi connectivity index (χ2v) is 5.50. The molecule has 0 radical (unpaired) electrons. The van der Waals surface area contributed by atoms with Crippen LogP contribution in [0.3, 0.4) is 0 Å². The minimum Gasteiger partial charge on any atom is -0.439 e. The summed E-state index contributed by atoms with van der Waals surface area (Å²) in [6.07, 6.45) is 0. The quantitative estimate of drug-likeness (QED) is 0.918. The molecular weight excluding hydrogens is 274 g/mol. The topological polar surface area (TPSA) is 61.0 Å². The first-order chi connectivity index (χ1) is 9.36. The number of aryl methyl sites for hydroxylation is 2. The van der Waals surface area contributed by atoms with E-state index in [1.807, 2.05) is 39.8 Å². The number of hydrogen-bond acceptors (Lipinski definition) is 4. The lowest BCUT2D eigenvalue weighted by Gasteiger charge is -2.11. The average Bonchev–Trinajstić information content (AvgIpc) is 2.35. The second-order valence-electron chi connectivity index (χ2n) is 5.12. The van der Waals surface area contributed by atoms with Crippen LogP contribution < -0.4 is 10.5 Å². The zero-order chi connectivity index (χ0) is 14.9. The molecule has 20 heavy (non-hydrogen) atoms. The third-order valence-corrected chi connectivity index (χ3v) is 3.48. The van der Waals surface area contributed by atoms with Crippen LogP contribution in [0.5, 0.6) is 11.6 Å². The van der Waals surface area contributed by atoms with Crippen LogP contribution in [0.1, 0.15) is 36.7 Å². The molecule has 2 aromatic rings. The number of hydrogen-bond donors (Lipinski definition) is 1. The van der Waals surface area contributed by atoms with E-state index in [0.29, 0.717) is 23.3 Å². The van der Waals surface area contributed by atoms with Gasteiger partial charge in [0.05, 0.1) is 0 Å². The maximum Gasteiger partial charge on any atom is 0.224 e. The van der Waals surface area contributed by atoms with E-state index in [1.54, 1.807) is 6.07 Å². The minimum absolute atomic E-state index is 0.189. The Hall–Kier alpha value is -1.81. The number of benzene rings is 1. The number of nitrogen functional groups attached to an aromatic ring is 1. The highest BCUT2D eigenvalue weighted by atomic mass is 35.5.